The van der Waals surface area contributed by atoms with E-state index in [1.165, 1.54) is 25.3 Å². The Morgan fingerprint density at radius 1 is 0.784 bits per heavy atom. The predicted octanol–water partition coefficient (Wildman–Crippen LogP) is 6.53. The zero-order valence-electron chi connectivity index (χ0n) is 20.2. The Bertz CT molecular complexity index is 1690. The molecule has 0 aliphatic heterocycles. The van der Waals surface area contributed by atoms with Crippen LogP contribution in [0.15, 0.2) is 30.3 Å². The SMILES string of the molecule is COc1cc(O)c(Cl)c(C)c1-c1cc(O)c(Cl)c2cc3c(c(O)c12)C(=O)c1c(O)cc(O)cc1C3(C)C. The summed E-state index contributed by atoms with van der Waals surface area (Å²) in [5.41, 5.74) is 0.779. The summed E-state index contributed by atoms with van der Waals surface area (Å²) in [5, 5.41) is 53.8. The molecule has 1 aliphatic carbocycles. The molecule has 0 heterocycles. The van der Waals surface area contributed by atoms with Crippen LogP contribution in [-0.2, 0) is 5.41 Å². The normalized spacial score (nSPS) is 13.9. The molecule has 4 aromatic carbocycles. The second kappa shape index (κ2) is 8.10. The lowest BCUT2D eigenvalue weighted by molar-refractivity contribution is 0.102. The molecule has 0 radical (unpaired) electrons. The van der Waals surface area contributed by atoms with Gasteiger partial charge in [0.25, 0.3) is 0 Å². The lowest BCUT2D eigenvalue weighted by Crippen LogP contribution is -2.30. The third-order valence-corrected chi connectivity index (χ3v) is 8.02. The van der Waals surface area contributed by atoms with Crippen molar-refractivity contribution in [3.8, 4) is 45.6 Å². The quantitative estimate of drug-likeness (QED) is 0.195. The number of phenols is 5. The van der Waals surface area contributed by atoms with Gasteiger partial charge in [-0.15, -0.1) is 0 Å². The van der Waals surface area contributed by atoms with Gasteiger partial charge in [0.2, 0.25) is 5.78 Å². The zero-order chi connectivity index (χ0) is 27.1. The highest BCUT2D eigenvalue weighted by Crippen LogP contribution is 2.54. The van der Waals surface area contributed by atoms with Gasteiger partial charge in [0.1, 0.15) is 34.5 Å². The number of aromatic hydroxyl groups is 5. The highest BCUT2D eigenvalue weighted by atomic mass is 35.5. The number of carbonyl (C=O) groups excluding carboxylic acids is 1. The van der Waals surface area contributed by atoms with Crippen LogP contribution in [-0.4, -0.2) is 38.4 Å². The number of methoxy groups -OCH3 is 1. The van der Waals surface area contributed by atoms with Crippen LogP contribution < -0.4 is 4.74 Å². The van der Waals surface area contributed by atoms with Gasteiger partial charge < -0.3 is 30.3 Å². The maximum Gasteiger partial charge on any atom is 0.201 e. The number of ketones is 1. The molecule has 4 aromatic rings. The number of halogens is 2. The minimum atomic E-state index is -0.954. The molecule has 0 unspecified atom stereocenters. The van der Waals surface area contributed by atoms with Crippen molar-refractivity contribution in [2.24, 2.45) is 0 Å². The molecule has 0 saturated carbocycles. The lowest BCUT2D eigenvalue weighted by Gasteiger charge is -2.35. The van der Waals surface area contributed by atoms with Crippen LogP contribution in [0.3, 0.4) is 0 Å². The molecule has 0 aromatic heterocycles. The van der Waals surface area contributed by atoms with Crippen LogP contribution in [0.1, 0.15) is 46.5 Å². The Hall–Kier alpha value is -3.81. The monoisotopic (exact) mass is 540 g/mol. The molecule has 0 fully saturated rings. The number of fused-ring (bicyclic) bond motifs is 3. The average molecular weight is 541 g/mol. The maximum absolute atomic E-state index is 13.7. The Kier molecular flexibility index (Phi) is 5.44. The minimum Gasteiger partial charge on any atom is -0.508 e. The molecule has 190 valence electrons. The lowest BCUT2D eigenvalue weighted by atomic mass is 9.67. The molecule has 0 amide bonds. The van der Waals surface area contributed by atoms with Crippen molar-refractivity contribution in [1.29, 1.82) is 0 Å². The number of hydrogen-bond donors (Lipinski definition) is 5. The Morgan fingerprint density at radius 2 is 1.41 bits per heavy atom. The van der Waals surface area contributed by atoms with Gasteiger partial charge in [-0.1, -0.05) is 37.0 Å². The van der Waals surface area contributed by atoms with Crippen LogP contribution in [0, 0.1) is 6.92 Å². The van der Waals surface area contributed by atoms with Gasteiger partial charge in [-0.3, -0.25) is 4.79 Å². The van der Waals surface area contributed by atoms with E-state index in [1.807, 2.05) is 0 Å². The first-order valence-corrected chi connectivity index (χ1v) is 12.0. The summed E-state index contributed by atoms with van der Waals surface area (Å²) in [6, 6.07) is 6.73. The highest BCUT2D eigenvalue weighted by molar-refractivity contribution is 6.38. The molecule has 1 aliphatic rings. The summed E-state index contributed by atoms with van der Waals surface area (Å²) >= 11 is 12.9. The molecular formula is C28H22Cl2O7. The summed E-state index contributed by atoms with van der Waals surface area (Å²) < 4.78 is 5.48. The summed E-state index contributed by atoms with van der Waals surface area (Å²) in [4.78, 5) is 13.7. The molecular weight excluding hydrogens is 519 g/mol. The fraction of sp³-hybridized carbons (Fsp3) is 0.179. The van der Waals surface area contributed by atoms with Gasteiger partial charge in [-0.05, 0) is 41.8 Å². The van der Waals surface area contributed by atoms with Crippen molar-refractivity contribution in [3.05, 3.63) is 68.2 Å². The van der Waals surface area contributed by atoms with E-state index in [0.29, 0.717) is 22.3 Å². The topological polar surface area (TPSA) is 127 Å². The van der Waals surface area contributed by atoms with E-state index in [2.05, 4.69) is 0 Å². The van der Waals surface area contributed by atoms with Crippen LogP contribution in [0.25, 0.3) is 21.9 Å². The first-order chi connectivity index (χ1) is 17.3. The molecule has 0 saturated heterocycles. The fourth-order valence-corrected chi connectivity index (χ4v) is 5.65. The van der Waals surface area contributed by atoms with Gasteiger partial charge in [0.15, 0.2) is 0 Å². The molecule has 37 heavy (non-hydrogen) atoms. The zero-order valence-corrected chi connectivity index (χ0v) is 21.7. The van der Waals surface area contributed by atoms with E-state index < -0.39 is 22.7 Å². The van der Waals surface area contributed by atoms with Gasteiger partial charge in [-0.2, -0.15) is 0 Å². The Labute approximate surface area is 221 Å². The van der Waals surface area contributed by atoms with Crippen molar-refractivity contribution >= 4 is 39.8 Å². The minimum absolute atomic E-state index is 0.0298. The summed E-state index contributed by atoms with van der Waals surface area (Å²) in [5.74, 6) is -1.96. The van der Waals surface area contributed by atoms with Crippen LogP contribution >= 0.6 is 23.2 Å². The molecule has 9 heteroatoms. The van der Waals surface area contributed by atoms with Crippen LogP contribution in [0.2, 0.25) is 10.0 Å². The third kappa shape index (κ3) is 3.31. The second-order valence-corrected chi connectivity index (χ2v) is 10.3. The summed E-state index contributed by atoms with van der Waals surface area (Å²) in [6.07, 6.45) is 0. The molecule has 5 rings (SSSR count). The van der Waals surface area contributed by atoms with Gasteiger partial charge >= 0.3 is 0 Å². The van der Waals surface area contributed by atoms with Crippen molar-refractivity contribution in [3.63, 3.8) is 0 Å². The first-order valence-electron chi connectivity index (χ1n) is 11.2. The number of carbonyl (C=O) groups is 1. The highest BCUT2D eigenvalue weighted by Gasteiger charge is 2.42. The van der Waals surface area contributed by atoms with E-state index >= 15 is 0 Å². The van der Waals surface area contributed by atoms with Crippen LogP contribution in [0.5, 0.6) is 34.5 Å². The number of phenolic OH excluding ortho intramolecular Hbond substituents is 5. The number of hydrogen-bond acceptors (Lipinski definition) is 7. The smallest absolute Gasteiger partial charge is 0.201 e. The average Bonchev–Trinajstić information content (AvgIpc) is 2.82. The summed E-state index contributed by atoms with van der Waals surface area (Å²) in [7, 11) is 1.40. The van der Waals surface area contributed by atoms with E-state index in [4.69, 9.17) is 27.9 Å². The van der Waals surface area contributed by atoms with Crippen molar-refractivity contribution < 1.29 is 35.1 Å². The van der Waals surface area contributed by atoms with E-state index in [1.54, 1.807) is 26.8 Å². The number of ether oxygens (including phenoxy) is 1. The molecule has 7 nitrogen and oxygen atoms in total. The van der Waals surface area contributed by atoms with E-state index in [0.717, 1.165) is 6.07 Å². The van der Waals surface area contributed by atoms with Gasteiger partial charge in [0.05, 0.1) is 28.3 Å². The van der Waals surface area contributed by atoms with Gasteiger partial charge in [0, 0.05) is 39.4 Å². The van der Waals surface area contributed by atoms with Gasteiger partial charge in [-0.25, -0.2) is 0 Å². The van der Waals surface area contributed by atoms with E-state index in [9.17, 15) is 30.3 Å². The van der Waals surface area contributed by atoms with E-state index in [-0.39, 0.29) is 60.5 Å². The fourth-order valence-electron chi connectivity index (χ4n) is 5.30. The van der Waals surface area contributed by atoms with Crippen molar-refractivity contribution in [2.75, 3.05) is 7.11 Å². The largest absolute Gasteiger partial charge is 0.508 e. The number of rotatable bonds is 2. The van der Waals surface area contributed by atoms with Crippen molar-refractivity contribution in [2.45, 2.75) is 26.2 Å². The second-order valence-electron chi connectivity index (χ2n) is 9.58. The predicted molar refractivity (Wildman–Crippen MR) is 141 cm³/mol. The third-order valence-electron chi connectivity index (χ3n) is 7.15. The van der Waals surface area contributed by atoms with Crippen molar-refractivity contribution in [1.82, 2.24) is 0 Å². The molecule has 0 bridgehead atoms. The number of benzene rings is 4. The Balaban J connectivity index is 1.98. The Morgan fingerprint density at radius 3 is 2.05 bits per heavy atom. The molecule has 0 spiro atoms. The molecule has 0 atom stereocenters. The molecule has 5 N–H and O–H groups in total. The van der Waals surface area contributed by atoms with Crippen LogP contribution in [0.4, 0.5) is 0 Å². The maximum atomic E-state index is 13.7. The standard InChI is InChI=1S/C28H22Cl2O7/c1-10-20(19(37-4)9-18(34)24(10)29)12-8-17(33)25(30)13-7-15-23(26(35)21(12)13)27(36)22-14(28(15,2)3)5-11(31)6-16(22)32/h5-9,31-35H,1-4H3. The summed E-state index contributed by atoms with van der Waals surface area (Å²) in [6.45, 7) is 5.21. The first kappa shape index (κ1) is 24.9.